The molecule has 0 saturated carbocycles. The Morgan fingerprint density at radius 3 is 1.47 bits per heavy atom. The van der Waals surface area contributed by atoms with E-state index in [4.69, 9.17) is 20.2 Å². The van der Waals surface area contributed by atoms with Crippen LogP contribution in [-0.2, 0) is 14.2 Å². The van der Waals surface area contributed by atoms with Crippen LogP contribution in [0.5, 0.6) is 0 Å². The van der Waals surface area contributed by atoms with E-state index in [1.54, 1.807) is 4.83 Å². The lowest BCUT2D eigenvalue weighted by Gasteiger charge is -2.19. The lowest BCUT2D eigenvalue weighted by Crippen LogP contribution is -2.27. The van der Waals surface area contributed by atoms with Crippen molar-refractivity contribution >= 4 is 13.9 Å². The number of nitrogens with one attached hydrogen (secondary N) is 1. The number of aliphatic hydroxyl groups is 3. The van der Waals surface area contributed by atoms with Crippen molar-refractivity contribution in [3.63, 3.8) is 0 Å². The number of hydroxylamine groups is 1. The number of nitrogens with zero attached hydrogens (tertiary/aromatic N) is 1. The normalized spacial score (nSPS) is 15.8. The molecule has 0 amide bonds. The van der Waals surface area contributed by atoms with Crippen molar-refractivity contribution in [1.82, 2.24) is 9.92 Å². The van der Waals surface area contributed by atoms with E-state index in [0.717, 1.165) is 25.7 Å². The number of ketones is 1. The molecule has 1 rings (SSSR count). The Kier molecular flexibility index (Phi) is 33.1. The first kappa shape index (κ1) is 44.5. The molecular weight excluding hydrogens is 587 g/mol. The second-order valence-corrected chi connectivity index (χ2v) is 14.5. The third kappa shape index (κ3) is 28.3. The summed E-state index contributed by atoms with van der Waals surface area (Å²) in [5.41, 5.74) is 0. The second kappa shape index (κ2) is 33.4. The van der Waals surface area contributed by atoms with Gasteiger partial charge < -0.3 is 15.3 Å². The summed E-state index contributed by atoms with van der Waals surface area (Å²) in [7, 11) is -1.66. The van der Waals surface area contributed by atoms with Gasteiger partial charge in [-0.2, -0.15) is 0 Å². The highest BCUT2D eigenvalue weighted by Gasteiger charge is 2.38. The number of carbonyl (C=O) groups excluding carboxylic acids is 1. The molecule has 0 radical (unpaired) electrons. The van der Waals surface area contributed by atoms with Gasteiger partial charge in [0.25, 0.3) is 0 Å². The molecule has 1 aliphatic rings. The first-order valence-corrected chi connectivity index (χ1v) is 20.2. The molecule has 0 aromatic carbocycles. The van der Waals surface area contributed by atoms with Crippen LogP contribution >= 0.6 is 8.10 Å². The first-order chi connectivity index (χ1) is 21.9. The zero-order chi connectivity index (χ0) is 33.4. The summed E-state index contributed by atoms with van der Waals surface area (Å²) < 4.78 is 12.2. The van der Waals surface area contributed by atoms with Crippen molar-refractivity contribution in [3.05, 3.63) is 0 Å². The number of aliphatic hydroxyl groups excluding tert-OH is 3. The maximum Gasteiger partial charge on any atom is 0.560 e. The van der Waals surface area contributed by atoms with Gasteiger partial charge in [0.2, 0.25) is 0 Å². The van der Waals surface area contributed by atoms with E-state index in [-0.39, 0.29) is 25.2 Å². The lowest BCUT2D eigenvalue weighted by molar-refractivity contribution is -0.146. The standard InChI is InChI=1S/C33H66N2O3P.C3H8O3/c1-4-6-8-10-12-14-16-18-20-22-24-26-31(3)33(36)30-32(38-35-29-28-34-39(35)37)27-25-23-21-19-17-15-13-11-9-7-5-2;4-1-3(6)2-5/h31-32H,4-30H2,1-3H3,(H,34,37);3-6H,1-2H2/q+1;. The predicted molar refractivity (Wildman–Crippen MR) is 188 cm³/mol. The third-order valence-electron chi connectivity index (χ3n) is 8.79. The third-order valence-corrected chi connectivity index (χ3v) is 9.99. The van der Waals surface area contributed by atoms with Crippen molar-refractivity contribution in [3.8, 4) is 0 Å². The van der Waals surface area contributed by atoms with Crippen molar-refractivity contribution in [2.75, 3.05) is 26.3 Å². The Bertz CT molecular complexity index is 667. The van der Waals surface area contributed by atoms with E-state index in [1.807, 2.05) is 0 Å². The number of Topliss-reactive ketones (excluding diaryl/α,β-unsaturated/α-hetero) is 1. The van der Waals surface area contributed by atoms with Crippen LogP contribution in [0, 0.1) is 5.92 Å². The van der Waals surface area contributed by atoms with Gasteiger partial charge in [0.1, 0.15) is 11.9 Å². The molecule has 1 aliphatic heterocycles. The SMILES string of the molecule is CCCCCCCCCCCCCC(CC(=O)C(C)CCCCCCCCCCCCC)ON1CCN[P+]1=O.OCC(O)CO. The molecule has 3 unspecified atom stereocenters. The molecule has 45 heavy (non-hydrogen) atoms. The minimum absolute atomic E-state index is 0.0949. The van der Waals surface area contributed by atoms with Gasteiger partial charge in [0, 0.05) is 17.2 Å². The fraction of sp³-hybridized carbons (Fsp3) is 0.972. The van der Waals surface area contributed by atoms with E-state index >= 15 is 0 Å². The zero-order valence-electron chi connectivity index (χ0n) is 29.7. The molecule has 0 aromatic rings. The van der Waals surface area contributed by atoms with Crippen molar-refractivity contribution in [1.29, 1.82) is 0 Å². The van der Waals surface area contributed by atoms with Crippen molar-refractivity contribution in [2.45, 2.75) is 193 Å². The quantitative estimate of drug-likeness (QED) is 0.0429. The molecule has 0 aromatic heterocycles. The van der Waals surface area contributed by atoms with E-state index in [0.29, 0.717) is 25.3 Å². The van der Waals surface area contributed by atoms with Gasteiger partial charge in [-0.3, -0.25) is 9.63 Å². The van der Waals surface area contributed by atoms with E-state index < -0.39 is 14.2 Å². The Balaban J connectivity index is 0.00000292. The smallest absolute Gasteiger partial charge is 0.394 e. The lowest BCUT2D eigenvalue weighted by atomic mass is 9.93. The van der Waals surface area contributed by atoms with Gasteiger partial charge in [0.05, 0.1) is 32.4 Å². The second-order valence-electron chi connectivity index (χ2n) is 13.2. The van der Waals surface area contributed by atoms with Crippen LogP contribution in [0.25, 0.3) is 0 Å². The summed E-state index contributed by atoms with van der Waals surface area (Å²) in [5.74, 6) is 0.412. The summed E-state index contributed by atoms with van der Waals surface area (Å²) in [4.78, 5) is 20.7. The van der Waals surface area contributed by atoms with Gasteiger partial charge in [-0.05, 0) is 17.4 Å². The van der Waals surface area contributed by atoms with Gasteiger partial charge in [0.15, 0.2) is 0 Å². The Morgan fingerprint density at radius 2 is 1.11 bits per heavy atom. The monoisotopic (exact) mass is 662 g/mol. The summed E-state index contributed by atoms with van der Waals surface area (Å²) in [6.45, 7) is 7.23. The summed E-state index contributed by atoms with van der Waals surface area (Å²) in [5, 5.41) is 27.0. The number of rotatable bonds is 31. The molecule has 3 atom stereocenters. The fourth-order valence-corrected chi connectivity index (χ4v) is 6.62. The van der Waals surface area contributed by atoms with Crippen LogP contribution in [0.2, 0.25) is 0 Å². The topological polar surface area (TPSA) is 119 Å². The molecule has 1 heterocycles. The average molecular weight is 662 g/mol. The molecule has 8 nitrogen and oxygen atoms in total. The summed E-state index contributed by atoms with van der Waals surface area (Å²) in [6, 6.07) is 0. The highest BCUT2D eigenvalue weighted by atomic mass is 31.1. The van der Waals surface area contributed by atoms with E-state index in [2.05, 4.69) is 25.9 Å². The van der Waals surface area contributed by atoms with Crippen LogP contribution < -0.4 is 5.09 Å². The Labute approximate surface area is 278 Å². The molecule has 0 spiro atoms. The molecule has 4 N–H and O–H groups in total. The van der Waals surface area contributed by atoms with Crippen LogP contribution in [0.15, 0.2) is 0 Å². The highest BCUT2D eigenvalue weighted by molar-refractivity contribution is 7.39. The zero-order valence-corrected chi connectivity index (χ0v) is 30.6. The molecule has 268 valence electrons. The van der Waals surface area contributed by atoms with Gasteiger partial charge in [-0.25, -0.2) is 0 Å². The molecule has 9 heteroatoms. The number of unbranched alkanes of at least 4 members (excludes halogenated alkanes) is 20. The van der Waals surface area contributed by atoms with E-state index in [9.17, 15) is 9.36 Å². The number of carbonyl (C=O) groups is 1. The molecular formula is C36H74N2O6P+. The van der Waals surface area contributed by atoms with E-state index in [1.165, 1.54) is 128 Å². The fourth-order valence-electron chi connectivity index (χ4n) is 5.67. The highest BCUT2D eigenvalue weighted by Crippen LogP contribution is 2.30. The largest absolute Gasteiger partial charge is 0.560 e. The van der Waals surface area contributed by atoms with Crippen LogP contribution in [0.1, 0.15) is 181 Å². The molecule has 0 aliphatic carbocycles. The molecule has 1 saturated heterocycles. The van der Waals surface area contributed by atoms with Gasteiger partial charge in [-0.15, -0.1) is 0 Å². The summed E-state index contributed by atoms with van der Waals surface area (Å²) >= 11 is 0. The predicted octanol–water partition coefficient (Wildman–Crippen LogP) is 9.18. The maximum absolute atomic E-state index is 13.0. The van der Waals surface area contributed by atoms with Gasteiger partial charge in [-0.1, -0.05) is 167 Å². The average Bonchev–Trinajstić information content (AvgIpc) is 3.45. The molecule has 0 bridgehead atoms. The van der Waals surface area contributed by atoms with Crippen LogP contribution in [0.3, 0.4) is 0 Å². The minimum Gasteiger partial charge on any atom is -0.394 e. The minimum atomic E-state index is -1.66. The van der Waals surface area contributed by atoms with Crippen molar-refractivity contribution in [2.24, 2.45) is 5.92 Å². The molecule has 1 fully saturated rings. The Morgan fingerprint density at radius 1 is 0.711 bits per heavy atom. The number of hydrogen-bond acceptors (Lipinski definition) is 6. The van der Waals surface area contributed by atoms with Gasteiger partial charge >= 0.3 is 8.10 Å². The van der Waals surface area contributed by atoms with Crippen molar-refractivity contribution < 1.29 is 29.5 Å². The number of hydrogen-bond donors (Lipinski definition) is 4. The Hall–Kier alpha value is -0.470. The van der Waals surface area contributed by atoms with Crippen LogP contribution in [0.4, 0.5) is 0 Å². The summed E-state index contributed by atoms with van der Waals surface area (Å²) in [6.07, 6.45) is 30.4. The first-order valence-electron chi connectivity index (χ1n) is 19.0. The maximum atomic E-state index is 13.0. The van der Waals surface area contributed by atoms with Crippen LogP contribution in [-0.4, -0.2) is 64.4 Å².